The van der Waals surface area contributed by atoms with Gasteiger partial charge in [-0.1, -0.05) is 6.08 Å². The van der Waals surface area contributed by atoms with E-state index < -0.39 is 0 Å². The fraction of sp³-hybridized carbons (Fsp3) is 0.333. The van der Waals surface area contributed by atoms with E-state index in [0.29, 0.717) is 23.8 Å². The lowest BCUT2D eigenvalue weighted by Crippen LogP contribution is -2.30. The Kier molecular flexibility index (Phi) is 7.33. The third-order valence-corrected chi connectivity index (χ3v) is 5.57. The van der Waals surface area contributed by atoms with Crippen LogP contribution in [0, 0.1) is 0 Å². The van der Waals surface area contributed by atoms with Crippen molar-refractivity contribution in [1.29, 1.82) is 0 Å². The predicted octanol–water partition coefficient (Wildman–Crippen LogP) is 3.75. The molecule has 0 bridgehead atoms. The second-order valence-corrected chi connectivity index (χ2v) is 7.39. The van der Waals surface area contributed by atoms with E-state index in [9.17, 15) is 4.79 Å². The third-order valence-electron chi connectivity index (χ3n) is 3.45. The van der Waals surface area contributed by atoms with Crippen LogP contribution >= 0.6 is 23.1 Å². The van der Waals surface area contributed by atoms with Gasteiger partial charge in [-0.25, -0.2) is 4.98 Å². The molecule has 0 saturated carbocycles. The first-order chi connectivity index (χ1) is 12.1. The van der Waals surface area contributed by atoms with Gasteiger partial charge >= 0.3 is 0 Å². The van der Waals surface area contributed by atoms with E-state index in [-0.39, 0.29) is 11.2 Å². The Balaban J connectivity index is 2.00. The minimum atomic E-state index is -0.133. The zero-order chi connectivity index (χ0) is 18.2. The van der Waals surface area contributed by atoms with Gasteiger partial charge in [0.15, 0.2) is 11.5 Å². The molecule has 2 rings (SSSR count). The van der Waals surface area contributed by atoms with Crippen molar-refractivity contribution < 1.29 is 14.3 Å². The Labute approximate surface area is 156 Å². The van der Waals surface area contributed by atoms with E-state index in [1.54, 1.807) is 43.4 Å². The molecule has 1 amide bonds. The van der Waals surface area contributed by atoms with Crippen LogP contribution in [0.1, 0.15) is 12.6 Å². The van der Waals surface area contributed by atoms with Gasteiger partial charge in [-0.15, -0.1) is 29.7 Å². The van der Waals surface area contributed by atoms with Crippen molar-refractivity contribution in [2.45, 2.75) is 17.9 Å². The second kappa shape index (κ2) is 9.48. The monoisotopic (exact) mass is 378 g/mol. The highest BCUT2D eigenvalue weighted by Gasteiger charge is 2.14. The third kappa shape index (κ3) is 5.24. The van der Waals surface area contributed by atoms with Gasteiger partial charge in [0.2, 0.25) is 5.91 Å². The van der Waals surface area contributed by atoms with Gasteiger partial charge in [0.25, 0.3) is 0 Å². The summed E-state index contributed by atoms with van der Waals surface area (Å²) in [5.41, 5.74) is 1.94. The first-order valence-electron chi connectivity index (χ1n) is 7.76. The number of nitrogens with zero attached hydrogens (tertiary/aromatic N) is 1. The minimum Gasteiger partial charge on any atom is -0.493 e. The van der Waals surface area contributed by atoms with E-state index in [4.69, 9.17) is 9.47 Å². The maximum absolute atomic E-state index is 11.9. The fourth-order valence-corrected chi connectivity index (χ4v) is 3.80. The molecule has 0 aliphatic carbocycles. The number of carbonyl (C=O) groups excluding carboxylic acids is 1. The van der Waals surface area contributed by atoms with Crippen molar-refractivity contribution in [3.05, 3.63) is 41.9 Å². The number of methoxy groups -OCH3 is 2. The van der Waals surface area contributed by atoms with Crippen LogP contribution in [0.5, 0.6) is 11.5 Å². The maximum atomic E-state index is 11.9. The molecule has 5 nitrogen and oxygen atoms in total. The highest BCUT2D eigenvalue weighted by atomic mass is 32.2. The lowest BCUT2D eigenvalue weighted by Gasteiger charge is -2.09. The standard InChI is InChI=1S/C18H22N2O3S2/c1-5-8-19-17(21)12(2)24-10-14-11-25-18(20-14)13-6-7-15(22-3)16(9-13)23-4/h5-7,9,11-12H,1,8,10H2,2-4H3,(H,19,21). The molecule has 7 heteroatoms. The molecule has 25 heavy (non-hydrogen) atoms. The van der Waals surface area contributed by atoms with E-state index >= 15 is 0 Å². The number of thiazole rings is 1. The van der Waals surface area contributed by atoms with Crippen molar-refractivity contribution >= 4 is 29.0 Å². The van der Waals surface area contributed by atoms with Crippen molar-refractivity contribution in [2.24, 2.45) is 0 Å². The normalized spacial score (nSPS) is 11.6. The van der Waals surface area contributed by atoms with Crippen LogP contribution in [0.25, 0.3) is 10.6 Å². The van der Waals surface area contributed by atoms with Crippen molar-refractivity contribution in [3.63, 3.8) is 0 Å². The molecule has 1 N–H and O–H groups in total. The topological polar surface area (TPSA) is 60.5 Å². The van der Waals surface area contributed by atoms with Gasteiger partial charge < -0.3 is 14.8 Å². The number of amides is 1. The van der Waals surface area contributed by atoms with Gasteiger partial charge in [0.05, 0.1) is 25.2 Å². The molecule has 0 radical (unpaired) electrons. The molecule has 1 atom stereocenters. The summed E-state index contributed by atoms with van der Waals surface area (Å²) in [5.74, 6) is 2.07. The summed E-state index contributed by atoms with van der Waals surface area (Å²) in [6.07, 6.45) is 1.67. The molecule has 0 spiro atoms. The number of ether oxygens (including phenoxy) is 2. The number of nitrogens with one attached hydrogen (secondary N) is 1. The van der Waals surface area contributed by atoms with E-state index in [2.05, 4.69) is 16.9 Å². The Bertz CT molecular complexity index is 731. The number of hydrogen-bond donors (Lipinski definition) is 1. The zero-order valence-corrected chi connectivity index (χ0v) is 16.2. The highest BCUT2D eigenvalue weighted by Crippen LogP contribution is 2.34. The highest BCUT2D eigenvalue weighted by molar-refractivity contribution is 7.99. The first-order valence-corrected chi connectivity index (χ1v) is 9.69. The predicted molar refractivity (Wildman–Crippen MR) is 105 cm³/mol. The molecule has 134 valence electrons. The molecule has 1 aromatic carbocycles. The Morgan fingerprint density at radius 1 is 1.40 bits per heavy atom. The van der Waals surface area contributed by atoms with Crippen LogP contribution in [0.4, 0.5) is 0 Å². The number of hydrogen-bond acceptors (Lipinski definition) is 6. The quantitative estimate of drug-likeness (QED) is 0.674. The van der Waals surface area contributed by atoms with Crippen molar-refractivity contribution in [3.8, 4) is 22.1 Å². The number of carbonyl (C=O) groups is 1. The van der Waals surface area contributed by atoms with E-state index in [1.165, 1.54) is 0 Å². The zero-order valence-electron chi connectivity index (χ0n) is 14.6. The Hall–Kier alpha value is -1.99. The fourth-order valence-electron chi connectivity index (χ4n) is 2.08. The summed E-state index contributed by atoms with van der Waals surface area (Å²) in [6, 6.07) is 5.75. The summed E-state index contributed by atoms with van der Waals surface area (Å²) in [4.78, 5) is 16.5. The summed E-state index contributed by atoms with van der Waals surface area (Å²) in [7, 11) is 3.23. The van der Waals surface area contributed by atoms with Crippen molar-refractivity contribution in [2.75, 3.05) is 20.8 Å². The summed E-state index contributed by atoms with van der Waals surface area (Å²) >= 11 is 3.14. The molecular weight excluding hydrogens is 356 g/mol. The van der Waals surface area contributed by atoms with Gasteiger partial charge in [-0.2, -0.15) is 0 Å². The number of aromatic nitrogens is 1. The van der Waals surface area contributed by atoms with Crippen LogP contribution < -0.4 is 14.8 Å². The summed E-state index contributed by atoms with van der Waals surface area (Å²) in [5, 5.41) is 5.61. The number of thioether (sulfide) groups is 1. The Morgan fingerprint density at radius 3 is 2.84 bits per heavy atom. The van der Waals surface area contributed by atoms with Gasteiger partial charge in [0, 0.05) is 23.2 Å². The second-order valence-electron chi connectivity index (χ2n) is 5.20. The molecule has 2 aromatic rings. The van der Waals surface area contributed by atoms with E-state index in [0.717, 1.165) is 16.3 Å². The van der Waals surface area contributed by atoms with Crippen LogP contribution in [-0.4, -0.2) is 36.9 Å². The number of rotatable bonds is 9. The van der Waals surface area contributed by atoms with Crippen LogP contribution in [-0.2, 0) is 10.5 Å². The average molecular weight is 379 g/mol. The molecule has 1 unspecified atom stereocenters. The minimum absolute atomic E-state index is 0.0141. The number of benzene rings is 1. The molecule has 0 fully saturated rings. The molecule has 0 aliphatic rings. The van der Waals surface area contributed by atoms with Gasteiger partial charge in [-0.05, 0) is 25.1 Å². The summed E-state index contributed by atoms with van der Waals surface area (Å²) < 4.78 is 10.6. The largest absolute Gasteiger partial charge is 0.493 e. The molecule has 1 heterocycles. The van der Waals surface area contributed by atoms with Crippen LogP contribution in [0.2, 0.25) is 0 Å². The molecule has 0 aliphatic heterocycles. The summed E-state index contributed by atoms with van der Waals surface area (Å²) in [6.45, 7) is 5.98. The van der Waals surface area contributed by atoms with Gasteiger partial charge in [0.1, 0.15) is 5.01 Å². The molecule has 0 saturated heterocycles. The van der Waals surface area contributed by atoms with Gasteiger partial charge in [-0.3, -0.25) is 4.79 Å². The lowest BCUT2D eigenvalue weighted by molar-refractivity contribution is -0.120. The van der Waals surface area contributed by atoms with Crippen LogP contribution in [0.3, 0.4) is 0 Å². The first kappa shape index (κ1) is 19.3. The molecular formula is C18H22N2O3S2. The smallest absolute Gasteiger partial charge is 0.233 e. The molecule has 1 aromatic heterocycles. The van der Waals surface area contributed by atoms with Crippen molar-refractivity contribution in [1.82, 2.24) is 10.3 Å². The average Bonchev–Trinajstić information content (AvgIpc) is 3.12. The Morgan fingerprint density at radius 2 is 2.16 bits per heavy atom. The maximum Gasteiger partial charge on any atom is 0.233 e. The van der Waals surface area contributed by atoms with E-state index in [1.807, 2.05) is 30.5 Å². The van der Waals surface area contributed by atoms with Crippen LogP contribution in [0.15, 0.2) is 36.2 Å². The lowest BCUT2D eigenvalue weighted by atomic mass is 10.2. The SMILES string of the molecule is C=CCNC(=O)C(C)SCc1csc(-c2ccc(OC)c(OC)c2)n1.